The molecule has 0 aliphatic carbocycles. The number of carbonyl (C=O) groups is 2. The first kappa shape index (κ1) is 18.4. The number of imidazole rings is 1. The number of nitrogens with one attached hydrogen (secondary N) is 2. The van der Waals surface area contributed by atoms with Gasteiger partial charge in [-0.05, 0) is 48.9 Å². The lowest BCUT2D eigenvalue weighted by Crippen LogP contribution is -2.13. The number of aryl methyl sites for hydroxylation is 1. The van der Waals surface area contributed by atoms with E-state index in [4.69, 9.17) is 0 Å². The fourth-order valence-corrected chi connectivity index (χ4v) is 3.14. The number of pyridine rings is 1. The summed E-state index contributed by atoms with van der Waals surface area (Å²) in [6.45, 7) is 3.47. The summed E-state index contributed by atoms with van der Waals surface area (Å²) in [6.07, 6.45) is 4.00. The number of hydrogen-bond acceptors (Lipinski definition) is 3. The van der Waals surface area contributed by atoms with Crippen LogP contribution in [0.15, 0.2) is 73.1 Å². The Kier molecular flexibility index (Phi) is 4.83. The fraction of sp³-hybridized carbons (Fsp3) is 0.0870. The Balaban J connectivity index is 1.57. The second-order valence-electron chi connectivity index (χ2n) is 6.89. The average molecular weight is 384 g/mol. The van der Waals surface area contributed by atoms with Crippen molar-refractivity contribution < 1.29 is 9.59 Å². The van der Waals surface area contributed by atoms with Gasteiger partial charge in [-0.15, -0.1) is 0 Å². The van der Waals surface area contributed by atoms with Gasteiger partial charge in [0.15, 0.2) is 0 Å². The second-order valence-corrected chi connectivity index (χ2v) is 6.89. The van der Waals surface area contributed by atoms with E-state index in [0.717, 1.165) is 22.5 Å². The van der Waals surface area contributed by atoms with Crippen LogP contribution in [-0.4, -0.2) is 21.2 Å². The van der Waals surface area contributed by atoms with Gasteiger partial charge in [0, 0.05) is 41.8 Å². The van der Waals surface area contributed by atoms with Crippen molar-refractivity contribution in [3.63, 3.8) is 0 Å². The SMILES string of the molecule is CC(=O)Nc1cccc(C(=O)Nc2cccc(-c3cn4cc(C)ccc4n3)c2)c1. The minimum absolute atomic E-state index is 0.182. The molecule has 2 aromatic carbocycles. The molecule has 0 fully saturated rings. The van der Waals surface area contributed by atoms with E-state index >= 15 is 0 Å². The van der Waals surface area contributed by atoms with Crippen LogP contribution in [0.1, 0.15) is 22.8 Å². The number of amides is 2. The van der Waals surface area contributed by atoms with Crippen molar-refractivity contribution in [3.05, 3.63) is 84.2 Å². The Morgan fingerprint density at radius 2 is 1.66 bits per heavy atom. The van der Waals surface area contributed by atoms with Gasteiger partial charge in [0.05, 0.1) is 5.69 Å². The van der Waals surface area contributed by atoms with Crippen LogP contribution in [-0.2, 0) is 4.79 Å². The molecule has 0 aliphatic heterocycles. The normalized spacial score (nSPS) is 10.7. The van der Waals surface area contributed by atoms with E-state index < -0.39 is 0 Å². The number of rotatable bonds is 4. The topological polar surface area (TPSA) is 75.5 Å². The highest BCUT2D eigenvalue weighted by molar-refractivity contribution is 6.05. The van der Waals surface area contributed by atoms with Crippen molar-refractivity contribution in [2.75, 3.05) is 10.6 Å². The van der Waals surface area contributed by atoms with Gasteiger partial charge in [-0.25, -0.2) is 4.98 Å². The highest BCUT2D eigenvalue weighted by Crippen LogP contribution is 2.23. The third-order valence-corrected chi connectivity index (χ3v) is 4.46. The summed E-state index contributed by atoms with van der Waals surface area (Å²) < 4.78 is 1.99. The minimum atomic E-state index is -0.250. The molecule has 0 unspecified atom stereocenters. The number of benzene rings is 2. The van der Waals surface area contributed by atoms with Crippen molar-refractivity contribution in [2.45, 2.75) is 13.8 Å². The van der Waals surface area contributed by atoms with Crippen molar-refractivity contribution in [3.8, 4) is 11.3 Å². The Morgan fingerprint density at radius 1 is 0.897 bits per heavy atom. The molecule has 0 aliphatic rings. The average Bonchev–Trinajstić information content (AvgIpc) is 3.11. The number of carbonyl (C=O) groups excluding carboxylic acids is 2. The molecular formula is C23H20N4O2. The first-order chi connectivity index (χ1) is 14.0. The van der Waals surface area contributed by atoms with Gasteiger partial charge < -0.3 is 15.0 Å². The summed E-state index contributed by atoms with van der Waals surface area (Å²) in [5.74, 6) is -0.433. The Labute approximate surface area is 168 Å². The molecule has 2 N–H and O–H groups in total. The number of anilines is 2. The monoisotopic (exact) mass is 384 g/mol. The molecule has 2 heterocycles. The van der Waals surface area contributed by atoms with Crippen LogP contribution in [0.25, 0.3) is 16.9 Å². The number of nitrogens with zero attached hydrogens (tertiary/aromatic N) is 2. The van der Waals surface area contributed by atoms with E-state index in [9.17, 15) is 9.59 Å². The third-order valence-electron chi connectivity index (χ3n) is 4.46. The van der Waals surface area contributed by atoms with Crippen LogP contribution in [0.5, 0.6) is 0 Å². The van der Waals surface area contributed by atoms with Crippen molar-refractivity contribution in [2.24, 2.45) is 0 Å². The minimum Gasteiger partial charge on any atom is -0.326 e. The standard InChI is InChI=1S/C23H20N4O2/c1-15-9-10-22-26-21(14-27(22)13-15)17-5-3-8-20(11-17)25-23(29)18-6-4-7-19(12-18)24-16(2)28/h3-14H,1-2H3,(H,24,28)(H,25,29). The van der Waals surface area contributed by atoms with E-state index in [1.807, 2.05) is 60.1 Å². The van der Waals surface area contributed by atoms with Gasteiger partial charge >= 0.3 is 0 Å². The lowest BCUT2D eigenvalue weighted by Gasteiger charge is -2.08. The van der Waals surface area contributed by atoms with E-state index in [1.165, 1.54) is 6.92 Å². The molecule has 144 valence electrons. The fourth-order valence-electron chi connectivity index (χ4n) is 3.14. The second kappa shape index (κ2) is 7.59. The highest BCUT2D eigenvalue weighted by atomic mass is 16.2. The Hall–Kier alpha value is -3.93. The Bertz CT molecular complexity index is 1230. The van der Waals surface area contributed by atoms with Crippen molar-refractivity contribution in [1.82, 2.24) is 9.38 Å². The molecule has 29 heavy (non-hydrogen) atoms. The quantitative estimate of drug-likeness (QED) is 0.543. The maximum absolute atomic E-state index is 12.6. The lowest BCUT2D eigenvalue weighted by atomic mass is 10.1. The van der Waals surface area contributed by atoms with E-state index in [1.54, 1.807) is 24.3 Å². The van der Waals surface area contributed by atoms with Gasteiger partial charge in [-0.2, -0.15) is 0 Å². The number of aromatic nitrogens is 2. The molecule has 2 amide bonds. The molecule has 6 nitrogen and oxygen atoms in total. The summed E-state index contributed by atoms with van der Waals surface area (Å²) in [7, 11) is 0. The Morgan fingerprint density at radius 3 is 2.45 bits per heavy atom. The van der Waals surface area contributed by atoms with Crippen LogP contribution in [0, 0.1) is 6.92 Å². The zero-order valence-electron chi connectivity index (χ0n) is 16.1. The molecule has 4 rings (SSSR count). The molecule has 0 saturated heterocycles. The number of fused-ring (bicyclic) bond motifs is 1. The first-order valence-corrected chi connectivity index (χ1v) is 9.23. The molecule has 0 radical (unpaired) electrons. The molecule has 0 spiro atoms. The van der Waals surface area contributed by atoms with Gasteiger partial charge in [-0.1, -0.05) is 24.3 Å². The molecule has 4 aromatic rings. The molecule has 0 atom stereocenters. The van der Waals surface area contributed by atoms with Crippen LogP contribution in [0.2, 0.25) is 0 Å². The molecule has 6 heteroatoms. The predicted octanol–water partition coefficient (Wildman–Crippen LogP) is 4.52. The molecule has 0 saturated carbocycles. The van der Waals surface area contributed by atoms with E-state index in [2.05, 4.69) is 15.6 Å². The summed E-state index contributed by atoms with van der Waals surface area (Å²) in [5.41, 5.74) is 5.49. The molecule has 0 bridgehead atoms. The van der Waals surface area contributed by atoms with Crippen LogP contribution >= 0.6 is 0 Å². The summed E-state index contributed by atoms with van der Waals surface area (Å²) in [5, 5.41) is 5.59. The van der Waals surface area contributed by atoms with Crippen molar-refractivity contribution >= 4 is 28.8 Å². The summed E-state index contributed by atoms with van der Waals surface area (Å²) >= 11 is 0. The largest absolute Gasteiger partial charge is 0.326 e. The maximum Gasteiger partial charge on any atom is 0.255 e. The van der Waals surface area contributed by atoms with Crippen molar-refractivity contribution in [1.29, 1.82) is 0 Å². The number of hydrogen-bond donors (Lipinski definition) is 2. The summed E-state index contributed by atoms with van der Waals surface area (Å²) in [6, 6.07) is 18.4. The van der Waals surface area contributed by atoms with Crippen LogP contribution in [0.4, 0.5) is 11.4 Å². The third kappa shape index (κ3) is 4.16. The summed E-state index contributed by atoms with van der Waals surface area (Å²) in [4.78, 5) is 28.5. The van der Waals surface area contributed by atoms with Gasteiger partial charge in [0.2, 0.25) is 5.91 Å². The van der Waals surface area contributed by atoms with Gasteiger partial charge in [-0.3, -0.25) is 9.59 Å². The molecule has 2 aromatic heterocycles. The maximum atomic E-state index is 12.6. The highest BCUT2D eigenvalue weighted by Gasteiger charge is 2.10. The zero-order valence-corrected chi connectivity index (χ0v) is 16.1. The van der Waals surface area contributed by atoms with E-state index in [-0.39, 0.29) is 11.8 Å². The smallest absolute Gasteiger partial charge is 0.255 e. The zero-order chi connectivity index (χ0) is 20.4. The predicted molar refractivity (Wildman–Crippen MR) is 114 cm³/mol. The first-order valence-electron chi connectivity index (χ1n) is 9.23. The van der Waals surface area contributed by atoms with Gasteiger partial charge in [0.1, 0.15) is 5.65 Å². The van der Waals surface area contributed by atoms with Crippen LogP contribution < -0.4 is 10.6 Å². The lowest BCUT2D eigenvalue weighted by molar-refractivity contribution is -0.114. The molecular weight excluding hydrogens is 364 g/mol. The van der Waals surface area contributed by atoms with Gasteiger partial charge in [0.25, 0.3) is 5.91 Å². The van der Waals surface area contributed by atoms with E-state index in [0.29, 0.717) is 16.9 Å². The van der Waals surface area contributed by atoms with Crippen LogP contribution in [0.3, 0.4) is 0 Å².